The van der Waals surface area contributed by atoms with Gasteiger partial charge in [0.1, 0.15) is 12.4 Å². The van der Waals surface area contributed by atoms with E-state index in [0.717, 1.165) is 44.1 Å². The molecule has 2 amide bonds. The Morgan fingerprint density at radius 2 is 1.68 bits per heavy atom. The Kier molecular flexibility index (Phi) is 11.9. The molecule has 0 saturated carbocycles. The van der Waals surface area contributed by atoms with Gasteiger partial charge in [-0.05, 0) is 39.4 Å². The molecule has 0 bridgehead atoms. The second kappa shape index (κ2) is 17.1. The molecular formula is C38H39N5O6S. The summed E-state index contributed by atoms with van der Waals surface area (Å²) in [6, 6.07) is 32.0. The van der Waals surface area contributed by atoms with Gasteiger partial charge in [0.25, 0.3) is 0 Å². The number of aliphatic hydroxyl groups is 1. The van der Waals surface area contributed by atoms with Gasteiger partial charge < -0.3 is 30.0 Å². The van der Waals surface area contributed by atoms with Crippen molar-refractivity contribution in [2.24, 2.45) is 0 Å². The summed E-state index contributed by atoms with van der Waals surface area (Å²) in [5.74, 6) is 0.166. The maximum Gasteiger partial charge on any atom is 0.328 e. The molecule has 1 saturated heterocycles. The molecule has 0 spiro atoms. The average molecular weight is 694 g/mol. The molecule has 1 aliphatic heterocycles. The number of aliphatic hydroxyl groups excluding tert-OH is 1. The van der Waals surface area contributed by atoms with Crippen LogP contribution in [0.1, 0.15) is 46.6 Å². The van der Waals surface area contributed by atoms with Crippen LogP contribution in [0.2, 0.25) is 0 Å². The number of aromatic amines is 1. The Morgan fingerprint density at radius 1 is 0.920 bits per heavy atom. The van der Waals surface area contributed by atoms with E-state index < -0.39 is 24.3 Å². The number of nitrogens with one attached hydrogen (secondary N) is 3. The Morgan fingerprint density at radius 3 is 2.40 bits per heavy atom. The summed E-state index contributed by atoms with van der Waals surface area (Å²) >= 11 is 1.55. The highest BCUT2D eigenvalue weighted by atomic mass is 32.2. The molecular weight excluding hydrogens is 655 g/mol. The molecule has 50 heavy (non-hydrogen) atoms. The van der Waals surface area contributed by atoms with Crippen LogP contribution in [-0.2, 0) is 38.6 Å². The van der Waals surface area contributed by atoms with E-state index in [4.69, 9.17) is 14.2 Å². The fraction of sp³-hybridized carbons (Fsp3) is 0.263. The van der Waals surface area contributed by atoms with Gasteiger partial charge in [0.05, 0.1) is 25.9 Å². The van der Waals surface area contributed by atoms with Crippen LogP contribution in [0.5, 0.6) is 0 Å². The van der Waals surface area contributed by atoms with Crippen molar-refractivity contribution in [3.05, 3.63) is 137 Å². The number of ether oxygens (including phenoxy) is 3. The maximum atomic E-state index is 12.8. The average Bonchev–Trinajstić information content (AvgIpc) is 3.70. The number of carbonyl (C=O) groups is 2. The molecule has 2 heterocycles. The van der Waals surface area contributed by atoms with Crippen molar-refractivity contribution in [1.82, 2.24) is 25.8 Å². The Bertz CT molecular complexity index is 1820. The van der Waals surface area contributed by atoms with Crippen LogP contribution in [0.15, 0.2) is 115 Å². The molecule has 11 nitrogen and oxygen atoms in total. The monoisotopic (exact) mass is 693 g/mol. The molecule has 1 aromatic heterocycles. The van der Waals surface area contributed by atoms with Crippen molar-refractivity contribution in [3.8, 4) is 11.1 Å². The van der Waals surface area contributed by atoms with E-state index in [1.54, 1.807) is 11.8 Å². The third kappa shape index (κ3) is 9.36. The number of hydrogen-bond acceptors (Lipinski definition) is 9. The molecule has 0 radical (unpaired) electrons. The molecule has 4 N–H and O–H groups in total. The van der Waals surface area contributed by atoms with E-state index >= 15 is 0 Å². The minimum Gasteiger partial charge on any atom is -0.467 e. The fourth-order valence-electron chi connectivity index (χ4n) is 5.73. The summed E-state index contributed by atoms with van der Waals surface area (Å²) in [5.41, 5.74) is 6.57. The van der Waals surface area contributed by atoms with Crippen molar-refractivity contribution in [2.45, 2.75) is 55.7 Å². The van der Waals surface area contributed by atoms with Crippen molar-refractivity contribution < 1.29 is 28.9 Å². The first-order chi connectivity index (χ1) is 24.5. The van der Waals surface area contributed by atoms with E-state index in [-0.39, 0.29) is 25.4 Å². The number of urea groups is 1. The number of thioether (sulfide) groups is 1. The standard InChI is InChI=1S/C38H39N5O6S/c1-47-35(45)33(19-25-6-3-2-4-7-25)42-37(46)39-21-27-8-5-9-31(18-27)28-14-16-30(17-15-28)36-48-32(23-50-38-40-24-41-43-38)20-34(49-36)29-12-10-26(22-44)11-13-29/h2-18,24,32-34,36,44H,19-23H2,1H3,(H2,39,42,46)(H,40,41,43)/t32-,33-,34+,36+/m0/s1. The third-order valence-electron chi connectivity index (χ3n) is 8.38. The zero-order valence-electron chi connectivity index (χ0n) is 27.5. The number of nitrogens with zero attached hydrogens (tertiary/aromatic N) is 2. The lowest BCUT2D eigenvalue weighted by atomic mass is 9.99. The van der Waals surface area contributed by atoms with Crippen LogP contribution in [0.4, 0.5) is 4.79 Å². The van der Waals surface area contributed by atoms with Gasteiger partial charge in [0, 0.05) is 30.7 Å². The van der Waals surface area contributed by atoms with Gasteiger partial charge in [0.2, 0.25) is 0 Å². The van der Waals surface area contributed by atoms with Crippen molar-refractivity contribution in [1.29, 1.82) is 0 Å². The van der Waals surface area contributed by atoms with Gasteiger partial charge >= 0.3 is 12.0 Å². The lowest BCUT2D eigenvalue weighted by Gasteiger charge is -2.36. The topological polar surface area (TPSA) is 148 Å². The van der Waals surface area contributed by atoms with Crippen LogP contribution in [0.3, 0.4) is 0 Å². The number of benzene rings is 4. The molecule has 258 valence electrons. The molecule has 5 aromatic rings. The number of H-pyrrole nitrogens is 1. The highest BCUT2D eigenvalue weighted by molar-refractivity contribution is 7.99. The molecule has 0 aliphatic carbocycles. The lowest BCUT2D eigenvalue weighted by Crippen LogP contribution is -2.47. The van der Waals surface area contributed by atoms with Crippen LogP contribution >= 0.6 is 11.8 Å². The van der Waals surface area contributed by atoms with Gasteiger partial charge in [-0.2, -0.15) is 5.10 Å². The van der Waals surface area contributed by atoms with Gasteiger partial charge in [-0.1, -0.05) is 109 Å². The number of carbonyl (C=O) groups excluding carboxylic acids is 2. The van der Waals surface area contributed by atoms with E-state index in [2.05, 4.69) is 25.8 Å². The largest absolute Gasteiger partial charge is 0.467 e. The quantitative estimate of drug-likeness (QED) is 0.0876. The molecule has 6 rings (SSSR count). The zero-order valence-corrected chi connectivity index (χ0v) is 28.3. The van der Waals surface area contributed by atoms with Crippen LogP contribution < -0.4 is 10.6 Å². The smallest absolute Gasteiger partial charge is 0.328 e. The molecule has 12 heteroatoms. The zero-order chi connectivity index (χ0) is 34.7. The minimum absolute atomic E-state index is 0.0122. The van der Waals surface area contributed by atoms with Gasteiger partial charge in [0.15, 0.2) is 11.4 Å². The summed E-state index contributed by atoms with van der Waals surface area (Å²) < 4.78 is 17.9. The number of amides is 2. The van der Waals surface area contributed by atoms with E-state index in [1.807, 2.05) is 103 Å². The molecule has 1 aliphatic rings. The van der Waals surface area contributed by atoms with Crippen LogP contribution in [-0.4, -0.2) is 57.3 Å². The highest BCUT2D eigenvalue weighted by Crippen LogP contribution is 2.39. The number of hydrogen-bond donors (Lipinski definition) is 4. The Labute approximate surface area is 294 Å². The summed E-state index contributed by atoms with van der Waals surface area (Å²) in [6.45, 7) is 0.261. The summed E-state index contributed by atoms with van der Waals surface area (Å²) in [5, 5.41) is 22.6. The summed E-state index contributed by atoms with van der Waals surface area (Å²) in [7, 11) is 1.31. The number of methoxy groups -OCH3 is 1. The molecule has 4 atom stereocenters. The van der Waals surface area contributed by atoms with Gasteiger partial charge in [-0.15, -0.1) is 0 Å². The van der Waals surface area contributed by atoms with E-state index in [9.17, 15) is 14.7 Å². The van der Waals surface area contributed by atoms with Gasteiger partial charge in [-0.3, -0.25) is 5.10 Å². The SMILES string of the molecule is COC(=O)[C@H](Cc1ccccc1)NC(=O)NCc1cccc(-c2ccc([C@@H]3O[C@H](CSc4ncn[nH]4)C[C@H](c4ccc(CO)cc4)O3)cc2)c1. The molecule has 0 unspecified atom stereocenters. The van der Waals surface area contributed by atoms with Crippen molar-refractivity contribution in [2.75, 3.05) is 12.9 Å². The second-order valence-electron chi connectivity index (χ2n) is 11.9. The first kappa shape index (κ1) is 34.8. The first-order valence-electron chi connectivity index (χ1n) is 16.3. The maximum absolute atomic E-state index is 12.8. The summed E-state index contributed by atoms with van der Waals surface area (Å²) in [4.78, 5) is 29.3. The van der Waals surface area contributed by atoms with Gasteiger partial charge in [-0.25, -0.2) is 14.6 Å². The van der Waals surface area contributed by atoms with Crippen LogP contribution in [0, 0.1) is 0 Å². The molecule has 4 aromatic carbocycles. The Balaban J connectivity index is 1.10. The fourth-order valence-corrected chi connectivity index (χ4v) is 6.53. The van der Waals surface area contributed by atoms with E-state index in [0.29, 0.717) is 18.6 Å². The number of aromatic nitrogens is 3. The highest BCUT2D eigenvalue weighted by Gasteiger charge is 2.32. The predicted molar refractivity (Wildman–Crippen MR) is 189 cm³/mol. The summed E-state index contributed by atoms with van der Waals surface area (Å²) in [6.07, 6.45) is 1.61. The Hall–Kier alpha value is -5.01. The third-order valence-corrected chi connectivity index (χ3v) is 9.39. The first-order valence-corrected chi connectivity index (χ1v) is 17.3. The second-order valence-corrected chi connectivity index (χ2v) is 12.9. The lowest BCUT2D eigenvalue weighted by molar-refractivity contribution is -0.245. The number of rotatable bonds is 13. The van der Waals surface area contributed by atoms with E-state index in [1.165, 1.54) is 13.4 Å². The molecule has 1 fully saturated rings. The van der Waals surface area contributed by atoms with Crippen molar-refractivity contribution in [3.63, 3.8) is 0 Å². The minimum atomic E-state index is -0.811. The van der Waals surface area contributed by atoms with Crippen molar-refractivity contribution >= 4 is 23.8 Å². The normalized spacial score (nSPS) is 17.8. The predicted octanol–water partition coefficient (Wildman–Crippen LogP) is 5.89. The number of esters is 1. The van der Waals surface area contributed by atoms with Crippen LogP contribution in [0.25, 0.3) is 11.1 Å².